The van der Waals surface area contributed by atoms with Gasteiger partial charge in [-0.15, -0.1) is 0 Å². The van der Waals surface area contributed by atoms with Crippen LogP contribution in [-0.2, 0) is 28.5 Å². The summed E-state index contributed by atoms with van der Waals surface area (Å²) >= 11 is 0. The van der Waals surface area contributed by atoms with Crippen LogP contribution in [0.5, 0.6) is 0 Å². The van der Waals surface area contributed by atoms with Gasteiger partial charge in [-0.2, -0.15) is 0 Å². The van der Waals surface area contributed by atoms with E-state index in [4.69, 9.17) is 9.47 Å². The minimum atomic E-state index is -1.37. The average molecular weight is 344 g/mol. The summed E-state index contributed by atoms with van der Waals surface area (Å²) in [6.07, 6.45) is -0.139. The molecule has 0 heterocycles. The molecule has 0 amide bonds. The van der Waals surface area contributed by atoms with E-state index in [1.165, 1.54) is 7.11 Å². The van der Waals surface area contributed by atoms with Gasteiger partial charge in [0.25, 0.3) is 0 Å². The van der Waals surface area contributed by atoms with Crippen molar-refractivity contribution in [3.63, 3.8) is 0 Å². The molecule has 1 saturated carbocycles. The normalized spacial score (nSPS) is 24.8. The molecule has 0 aromatic carbocycles. The maximum Gasteiger partial charge on any atom is 0.509 e. The second-order valence-corrected chi connectivity index (χ2v) is 6.64. The van der Waals surface area contributed by atoms with Gasteiger partial charge >= 0.3 is 18.1 Å². The van der Waals surface area contributed by atoms with Crippen molar-refractivity contribution in [2.75, 3.05) is 14.2 Å². The van der Waals surface area contributed by atoms with E-state index in [9.17, 15) is 14.4 Å². The van der Waals surface area contributed by atoms with Crippen molar-refractivity contribution in [3.8, 4) is 0 Å². The molecule has 24 heavy (non-hydrogen) atoms. The summed E-state index contributed by atoms with van der Waals surface area (Å²) in [6, 6.07) is 0. The van der Waals surface area contributed by atoms with Crippen LogP contribution in [0.25, 0.3) is 0 Å². The quantitative estimate of drug-likeness (QED) is 0.540. The van der Waals surface area contributed by atoms with Gasteiger partial charge in [0.05, 0.1) is 20.6 Å². The highest BCUT2D eigenvalue weighted by atomic mass is 16.7. The Morgan fingerprint density at radius 1 is 1.08 bits per heavy atom. The fraction of sp³-hybridized carbons (Fsp3) is 0.824. The minimum absolute atomic E-state index is 0.252. The van der Waals surface area contributed by atoms with E-state index in [1.807, 2.05) is 0 Å². The van der Waals surface area contributed by atoms with Crippen LogP contribution in [0.4, 0.5) is 4.79 Å². The van der Waals surface area contributed by atoms with Gasteiger partial charge < -0.3 is 18.9 Å². The van der Waals surface area contributed by atoms with Crippen molar-refractivity contribution in [2.24, 2.45) is 17.8 Å². The van der Waals surface area contributed by atoms with Gasteiger partial charge in [-0.3, -0.25) is 4.79 Å². The van der Waals surface area contributed by atoms with Gasteiger partial charge in [0.15, 0.2) is 0 Å². The zero-order valence-electron chi connectivity index (χ0n) is 15.1. The Hall–Kier alpha value is -1.79. The third-order valence-electron chi connectivity index (χ3n) is 4.49. The zero-order valence-corrected chi connectivity index (χ0v) is 15.1. The lowest BCUT2D eigenvalue weighted by molar-refractivity contribution is -0.159. The average Bonchev–Trinajstić information content (AvgIpc) is 2.52. The maximum atomic E-state index is 12.1. The highest BCUT2D eigenvalue weighted by molar-refractivity contribution is 5.83. The number of carbonyl (C=O) groups is 3. The SMILES string of the molecule is COC(=O)C[C@H](OC(=O)O[C@@H]1C[C@H](C)CC[C@H]1C(C)C)C(=O)OC. The number of hydrogen-bond acceptors (Lipinski definition) is 7. The van der Waals surface area contributed by atoms with Gasteiger partial charge in [-0.1, -0.05) is 27.2 Å². The molecule has 0 radical (unpaired) electrons. The number of rotatable bonds is 6. The zero-order chi connectivity index (χ0) is 18.3. The Morgan fingerprint density at radius 2 is 1.75 bits per heavy atom. The molecule has 4 atom stereocenters. The van der Waals surface area contributed by atoms with Crippen LogP contribution in [-0.4, -0.2) is 44.5 Å². The number of esters is 2. The minimum Gasteiger partial charge on any atom is -0.469 e. The Labute approximate surface area is 143 Å². The van der Waals surface area contributed by atoms with Crippen molar-refractivity contribution in [3.05, 3.63) is 0 Å². The van der Waals surface area contributed by atoms with Gasteiger partial charge in [0.2, 0.25) is 6.10 Å². The van der Waals surface area contributed by atoms with Crippen LogP contribution >= 0.6 is 0 Å². The molecular formula is C17H28O7. The van der Waals surface area contributed by atoms with Crippen LogP contribution < -0.4 is 0 Å². The van der Waals surface area contributed by atoms with Crippen LogP contribution in [0.15, 0.2) is 0 Å². The third-order valence-corrected chi connectivity index (χ3v) is 4.49. The predicted octanol–water partition coefficient (Wildman–Crippen LogP) is 2.71. The lowest BCUT2D eigenvalue weighted by Gasteiger charge is -2.36. The number of carbonyl (C=O) groups excluding carboxylic acids is 3. The molecule has 0 aromatic rings. The van der Waals surface area contributed by atoms with Crippen molar-refractivity contribution in [1.29, 1.82) is 0 Å². The summed E-state index contributed by atoms with van der Waals surface area (Å²) in [5.74, 6) is -0.406. The fourth-order valence-corrected chi connectivity index (χ4v) is 3.06. The van der Waals surface area contributed by atoms with Crippen molar-refractivity contribution in [2.45, 2.75) is 58.7 Å². The lowest BCUT2D eigenvalue weighted by atomic mass is 9.75. The van der Waals surface area contributed by atoms with Gasteiger partial charge in [0, 0.05) is 0 Å². The van der Waals surface area contributed by atoms with E-state index in [-0.39, 0.29) is 12.0 Å². The molecular weight excluding hydrogens is 316 g/mol. The molecule has 0 spiro atoms. The molecule has 138 valence electrons. The molecule has 1 rings (SSSR count). The molecule has 1 aliphatic rings. The summed E-state index contributed by atoms with van der Waals surface area (Å²) in [6.45, 7) is 6.31. The summed E-state index contributed by atoms with van der Waals surface area (Å²) < 4.78 is 19.5. The Morgan fingerprint density at radius 3 is 2.29 bits per heavy atom. The number of ether oxygens (including phenoxy) is 4. The largest absolute Gasteiger partial charge is 0.509 e. The molecule has 0 aliphatic heterocycles. The topological polar surface area (TPSA) is 88.1 Å². The number of methoxy groups -OCH3 is 2. The van der Waals surface area contributed by atoms with Gasteiger partial charge in [-0.25, -0.2) is 9.59 Å². The molecule has 0 unspecified atom stereocenters. The molecule has 0 aromatic heterocycles. The van der Waals surface area contributed by atoms with Crippen molar-refractivity contribution >= 4 is 18.1 Å². The van der Waals surface area contributed by atoms with Crippen molar-refractivity contribution in [1.82, 2.24) is 0 Å². The van der Waals surface area contributed by atoms with E-state index in [0.29, 0.717) is 11.8 Å². The molecule has 7 heteroatoms. The summed E-state index contributed by atoms with van der Waals surface area (Å²) in [5, 5.41) is 0. The van der Waals surface area contributed by atoms with E-state index >= 15 is 0 Å². The fourth-order valence-electron chi connectivity index (χ4n) is 3.06. The lowest BCUT2D eigenvalue weighted by Crippen LogP contribution is -2.38. The first-order valence-electron chi connectivity index (χ1n) is 8.30. The highest BCUT2D eigenvalue weighted by Gasteiger charge is 2.35. The molecule has 7 nitrogen and oxygen atoms in total. The van der Waals surface area contributed by atoms with Crippen LogP contribution in [0.2, 0.25) is 0 Å². The standard InChI is InChI=1S/C17H28O7/c1-10(2)12-7-6-11(3)8-13(12)23-17(20)24-14(16(19)22-5)9-15(18)21-4/h10-14H,6-9H2,1-5H3/t11-,12+,13-,14+/m1/s1. The molecule has 0 saturated heterocycles. The van der Waals surface area contributed by atoms with Crippen LogP contribution in [0, 0.1) is 17.8 Å². The van der Waals surface area contributed by atoms with Crippen LogP contribution in [0.1, 0.15) is 46.5 Å². The Kier molecular flexibility index (Phi) is 8.01. The first-order valence-corrected chi connectivity index (χ1v) is 8.30. The molecule has 1 fully saturated rings. The first kappa shape index (κ1) is 20.3. The maximum absolute atomic E-state index is 12.1. The Balaban J connectivity index is 2.68. The monoisotopic (exact) mass is 344 g/mol. The molecule has 0 bridgehead atoms. The summed E-state index contributed by atoms with van der Waals surface area (Å²) in [4.78, 5) is 35.1. The number of hydrogen-bond donors (Lipinski definition) is 0. The predicted molar refractivity (Wildman–Crippen MR) is 85.1 cm³/mol. The summed E-state index contributed by atoms with van der Waals surface area (Å²) in [7, 11) is 2.34. The second kappa shape index (κ2) is 9.49. The Bertz CT molecular complexity index is 446. The third kappa shape index (κ3) is 6.02. The van der Waals surface area contributed by atoms with Gasteiger partial charge in [0.1, 0.15) is 6.10 Å². The van der Waals surface area contributed by atoms with E-state index < -0.39 is 30.6 Å². The van der Waals surface area contributed by atoms with E-state index in [1.54, 1.807) is 0 Å². The second-order valence-electron chi connectivity index (χ2n) is 6.64. The molecule has 1 aliphatic carbocycles. The van der Waals surface area contributed by atoms with Crippen LogP contribution in [0.3, 0.4) is 0 Å². The summed E-state index contributed by atoms with van der Waals surface area (Å²) in [5.41, 5.74) is 0. The van der Waals surface area contributed by atoms with Crippen molar-refractivity contribution < 1.29 is 33.3 Å². The smallest absolute Gasteiger partial charge is 0.469 e. The molecule has 0 N–H and O–H groups in total. The first-order chi connectivity index (χ1) is 11.3. The highest BCUT2D eigenvalue weighted by Crippen LogP contribution is 2.35. The van der Waals surface area contributed by atoms with Gasteiger partial charge in [-0.05, 0) is 30.6 Å². The van der Waals surface area contributed by atoms with E-state index in [2.05, 4.69) is 30.2 Å². The van der Waals surface area contributed by atoms with E-state index in [0.717, 1.165) is 26.4 Å².